The van der Waals surface area contributed by atoms with Gasteiger partial charge in [0.15, 0.2) is 0 Å². The first-order valence-corrected chi connectivity index (χ1v) is 17.6. The molecule has 2 N–H and O–H groups in total. The number of ether oxygens (including phenoxy) is 1. The Labute approximate surface area is 303 Å². The second-order valence-electron chi connectivity index (χ2n) is 12.4. The van der Waals surface area contributed by atoms with Gasteiger partial charge in [0.2, 0.25) is 5.90 Å². The molecule has 244 valence electrons. The van der Waals surface area contributed by atoms with Crippen molar-refractivity contribution >= 4 is 61.7 Å². The second kappa shape index (κ2) is 12.9. The van der Waals surface area contributed by atoms with E-state index in [1.54, 1.807) is 7.11 Å². The topological polar surface area (TPSA) is 66.1 Å². The van der Waals surface area contributed by atoms with Crippen LogP contribution in [0.15, 0.2) is 155 Å². The highest BCUT2D eigenvalue weighted by Crippen LogP contribution is 2.47. The van der Waals surface area contributed by atoms with Gasteiger partial charge >= 0.3 is 0 Å². The van der Waals surface area contributed by atoms with E-state index in [1.165, 1.54) is 0 Å². The summed E-state index contributed by atoms with van der Waals surface area (Å²) in [5, 5.41) is 0. The van der Waals surface area contributed by atoms with Gasteiger partial charge in [-0.25, -0.2) is 9.98 Å². The highest BCUT2D eigenvalue weighted by molar-refractivity contribution is 9.10. The van der Waals surface area contributed by atoms with Crippen molar-refractivity contribution in [3.63, 3.8) is 0 Å². The number of hydrogen-bond donors (Lipinski definition) is 2. The van der Waals surface area contributed by atoms with E-state index in [2.05, 4.69) is 159 Å². The summed E-state index contributed by atoms with van der Waals surface area (Å²) in [4.78, 5) is 18.2. The van der Waals surface area contributed by atoms with E-state index in [9.17, 15) is 0 Å². The number of nitrogens with one attached hydrogen (secondary N) is 2. The van der Waals surface area contributed by atoms with Crippen LogP contribution in [0, 0.1) is 0 Å². The van der Waals surface area contributed by atoms with Crippen LogP contribution in [0.2, 0.25) is 0 Å². The summed E-state index contributed by atoms with van der Waals surface area (Å²) in [5.74, 6) is 0.530. The number of aliphatic imine (C=N–C) groups is 1. The average molecular weight is 724 g/mol. The van der Waals surface area contributed by atoms with Crippen LogP contribution in [0.3, 0.4) is 0 Å². The standard InChI is InChI=1S/C45H31BrN4O/c1-51-45-42-40(30-18-10-4-11-19-30)36-26-24-34(48-36)38(28-14-6-2-7-15-28)32-22-23-33(47-32)39(29-16-8-3-9-17-29)35-25-27-37(49-35)41(44(50-45)43(42)46)31-20-12-5-13-21-31/h2-27,48-49H,1H3. The summed E-state index contributed by atoms with van der Waals surface area (Å²) in [6, 6.07) is 50.2. The molecule has 0 amide bonds. The Kier molecular flexibility index (Phi) is 7.79. The normalized spacial score (nSPS) is 12.2. The zero-order valence-corrected chi connectivity index (χ0v) is 29.3. The van der Waals surface area contributed by atoms with Gasteiger partial charge in [-0.2, -0.15) is 0 Å². The van der Waals surface area contributed by atoms with Crippen molar-refractivity contribution in [1.29, 1.82) is 0 Å². The van der Waals surface area contributed by atoms with Gasteiger partial charge in [0.1, 0.15) is 0 Å². The maximum atomic E-state index is 6.11. The molecule has 4 aromatic carbocycles. The van der Waals surface area contributed by atoms with Crippen LogP contribution in [0.4, 0.5) is 5.69 Å². The van der Waals surface area contributed by atoms with Crippen LogP contribution in [0.1, 0.15) is 17.0 Å². The third-order valence-electron chi connectivity index (χ3n) is 9.39. The Bertz CT molecular complexity index is 2660. The molecule has 8 bridgehead atoms. The molecule has 51 heavy (non-hydrogen) atoms. The molecule has 0 saturated carbocycles. The Balaban J connectivity index is 1.53. The third kappa shape index (κ3) is 5.41. The summed E-state index contributed by atoms with van der Waals surface area (Å²) >= 11 is 4.08. The maximum absolute atomic E-state index is 6.11. The van der Waals surface area contributed by atoms with E-state index in [0.29, 0.717) is 5.90 Å². The Morgan fingerprint density at radius 1 is 0.451 bits per heavy atom. The fourth-order valence-electron chi connectivity index (χ4n) is 7.12. The zero-order valence-electron chi connectivity index (χ0n) is 27.7. The Hall–Kier alpha value is -6.24. The molecule has 9 rings (SSSR count). The van der Waals surface area contributed by atoms with E-state index in [4.69, 9.17) is 14.7 Å². The molecule has 0 aliphatic carbocycles. The number of benzene rings is 4. The van der Waals surface area contributed by atoms with Crippen LogP contribution in [0.5, 0.6) is 0 Å². The predicted octanol–water partition coefficient (Wildman–Crippen LogP) is 12.2. The fraction of sp³-hybridized carbons (Fsp3) is 0.0222. The van der Waals surface area contributed by atoms with Crippen molar-refractivity contribution in [2.45, 2.75) is 0 Å². The number of nitrogens with zero attached hydrogens (tertiary/aromatic N) is 2. The molecule has 2 aliphatic heterocycles. The van der Waals surface area contributed by atoms with Gasteiger partial charge in [-0.05, 0) is 74.6 Å². The molecule has 0 unspecified atom stereocenters. The number of rotatable bonds is 4. The molecule has 6 heteroatoms. The molecule has 5 nitrogen and oxygen atoms in total. The van der Waals surface area contributed by atoms with Crippen LogP contribution >= 0.6 is 15.9 Å². The van der Waals surface area contributed by atoms with E-state index < -0.39 is 0 Å². The molecular formula is C45H31BrN4O. The van der Waals surface area contributed by atoms with Gasteiger partial charge in [-0.1, -0.05) is 121 Å². The van der Waals surface area contributed by atoms with Gasteiger partial charge in [0.25, 0.3) is 0 Å². The highest BCUT2D eigenvalue weighted by atomic mass is 79.9. The highest BCUT2D eigenvalue weighted by Gasteiger charge is 2.27. The van der Waals surface area contributed by atoms with Crippen molar-refractivity contribution in [3.05, 3.63) is 167 Å². The number of aromatic amines is 2. The van der Waals surface area contributed by atoms with Gasteiger partial charge in [0, 0.05) is 44.3 Å². The maximum Gasteiger partial charge on any atom is 0.223 e. The monoisotopic (exact) mass is 722 g/mol. The fourth-order valence-corrected chi connectivity index (χ4v) is 7.77. The van der Waals surface area contributed by atoms with Gasteiger partial charge < -0.3 is 14.7 Å². The van der Waals surface area contributed by atoms with Crippen molar-refractivity contribution in [2.75, 3.05) is 7.11 Å². The lowest BCUT2D eigenvalue weighted by atomic mass is 10.00. The molecular weight excluding hydrogens is 692 g/mol. The summed E-state index contributed by atoms with van der Waals surface area (Å²) < 4.78 is 6.95. The zero-order chi connectivity index (χ0) is 34.3. The quantitative estimate of drug-likeness (QED) is 0.190. The molecule has 0 saturated heterocycles. The first-order chi connectivity index (χ1) is 25.2. The second-order valence-corrected chi connectivity index (χ2v) is 13.2. The predicted molar refractivity (Wildman–Crippen MR) is 215 cm³/mol. The van der Waals surface area contributed by atoms with Crippen molar-refractivity contribution in [1.82, 2.24) is 15.0 Å². The number of halogens is 1. The Morgan fingerprint density at radius 3 is 1.25 bits per heavy atom. The molecule has 0 fully saturated rings. The van der Waals surface area contributed by atoms with E-state index in [0.717, 1.165) is 93.7 Å². The van der Waals surface area contributed by atoms with Gasteiger partial charge in [-0.15, -0.1) is 0 Å². The number of hydrogen-bond acceptors (Lipinski definition) is 3. The molecule has 2 aliphatic rings. The molecule has 7 aromatic rings. The lowest BCUT2D eigenvalue weighted by Crippen LogP contribution is -2.02. The SMILES string of the molecule is COC1=Nc2c(Br)c1c(-c1ccccc1)c1ccc([nH]1)c(-c1ccccc1)c1nc(c(-c3ccccc3)c3ccc([nH]3)c2-c2ccccc2)C=C1. The third-order valence-corrected chi connectivity index (χ3v) is 10.2. The van der Waals surface area contributed by atoms with Crippen LogP contribution in [0.25, 0.3) is 78.7 Å². The number of fused-ring (bicyclic) bond motifs is 8. The van der Waals surface area contributed by atoms with Crippen molar-refractivity contribution < 1.29 is 4.74 Å². The average Bonchev–Trinajstić information content (AvgIpc) is 4.01. The Morgan fingerprint density at radius 2 is 0.824 bits per heavy atom. The summed E-state index contributed by atoms with van der Waals surface area (Å²) in [6.07, 6.45) is 4.25. The van der Waals surface area contributed by atoms with Crippen molar-refractivity contribution in [3.8, 4) is 44.5 Å². The summed E-state index contributed by atoms with van der Waals surface area (Å²) in [7, 11) is 1.68. The van der Waals surface area contributed by atoms with Gasteiger partial charge in [0.05, 0.1) is 34.2 Å². The van der Waals surface area contributed by atoms with E-state index >= 15 is 0 Å². The number of aromatic nitrogens is 3. The molecule has 0 atom stereocenters. The largest absolute Gasteiger partial charge is 0.481 e. The smallest absolute Gasteiger partial charge is 0.223 e. The number of methoxy groups -OCH3 is 1. The first kappa shape index (κ1) is 30.8. The minimum absolute atomic E-state index is 0.530. The lowest BCUT2D eigenvalue weighted by Gasteiger charge is -2.09. The first-order valence-electron chi connectivity index (χ1n) is 16.8. The molecule has 5 heterocycles. The van der Waals surface area contributed by atoms with E-state index in [-0.39, 0.29) is 0 Å². The number of H-pyrrole nitrogens is 2. The van der Waals surface area contributed by atoms with Gasteiger partial charge in [-0.3, -0.25) is 0 Å². The van der Waals surface area contributed by atoms with Crippen LogP contribution < -0.4 is 0 Å². The summed E-state index contributed by atoms with van der Waals surface area (Å²) in [6.45, 7) is 0. The minimum atomic E-state index is 0.530. The van der Waals surface area contributed by atoms with Crippen LogP contribution in [-0.4, -0.2) is 28.0 Å². The van der Waals surface area contributed by atoms with Crippen molar-refractivity contribution in [2.24, 2.45) is 4.99 Å². The van der Waals surface area contributed by atoms with Crippen LogP contribution in [-0.2, 0) is 4.74 Å². The van der Waals surface area contributed by atoms with E-state index in [1.807, 2.05) is 24.3 Å². The molecule has 0 spiro atoms. The minimum Gasteiger partial charge on any atom is -0.481 e. The summed E-state index contributed by atoms with van der Waals surface area (Å²) in [5.41, 5.74) is 15.3. The molecule has 0 radical (unpaired) electrons. The molecule has 3 aromatic heterocycles. The lowest BCUT2D eigenvalue weighted by molar-refractivity contribution is 0.406.